The van der Waals surface area contributed by atoms with E-state index in [1.165, 1.54) is 21.0 Å². The van der Waals surface area contributed by atoms with Crippen LogP contribution in [0.15, 0.2) is 0 Å². The molecule has 4 nitrogen and oxygen atoms in total. The number of alkyl halides is 2. The van der Waals surface area contributed by atoms with Gasteiger partial charge >= 0.3 is 0 Å². The van der Waals surface area contributed by atoms with Gasteiger partial charge in [-0.05, 0) is 20.3 Å². The minimum absolute atomic E-state index is 0.0747. The van der Waals surface area contributed by atoms with Gasteiger partial charge in [-0.1, -0.05) is 0 Å². The van der Waals surface area contributed by atoms with Gasteiger partial charge < -0.3 is 14.7 Å². The lowest BCUT2D eigenvalue weighted by Gasteiger charge is -2.39. The Balaban J connectivity index is 2.73. The fourth-order valence-electron chi connectivity index (χ4n) is 1.77. The predicted octanol–water partition coefficient (Wildman–Crippen LogP) is 0.640. The number of likely N-dealkylation sites (tertiary alicyclic amines) is 1. The third kappa shape index (κ3) is 2.68. The van der Waals surface area contributed by atoms with Gasteiger partial charge in [-0.25, -0.2) is 8.78 Å². The summed E-state index contributed by atoms with van der Waals surface area (Å²) in [4.78, 5) is 12.6. The zero-order valence-corrected chi connectivity index (χ0v) is 9.67. The van der Waals surface area contributed by atoms with E-state index in [2.05, 4.69) is 4.74 Å². The number of rotatable bonds is 2. The number of carbonyl (C=O) groups excluding carboxylic acids is 1. The van der Waals surface area contributed by atoms with Crippen molar-refractivity contribution in [2.75, 3.05) is 20.2 Å². The molecule has 0 spiro atoms. The van der Waals surface area contributed by atoms with Crippen LogP contribution in [0.4, 0.5) is 8.78 Å². The number of methoxy groups -OCH3 is 1. The molecular formula is C10H17F2NO3. The minimum Gasteiger partial charge on any atom is -0.381 e. The van der Waals surface area contributed by atoms with Crippen LogP contribution in [0, 0.1) is 0 Å². The Morgan fingerprint density at radius 3 is 2.50 bits per heavy atom. The predicted molar refractivity (Wildman–Crippen MR) is 53.2 cm³/mol. The lowest BCUT2D eigenvalue weighted by Crippen LogP contribution is -2.57. The molecule has 1 aliphatic heterocycles. The summed E-state index contributed by atoms with van der Waals surface area (Å²) in [5.74, 6) is -3.74. The van der Waals surface area contributed by atoms with Crippen LogP contribution >= 0.6 is 0 Å². The quantitative estimate of drug-likeness (QED) is 0.766. The standard InChI is InChI=1S/C10H17F2NO3/c1-9(2,15)8(14)13-5-4-7(16-3)10(11,12)6-13/h7,15H,4-6H2,1-3H3. The number of hydrogen-bond donors (Lipinski definition) is 1. The van der Waals surface area contributed by atoms with E-state index in [1.807, 2.05) is 0 Å². The molecule has 1 N–H and O–H groups in total. The number of aliphatic hydroxyl groups is 1. The van der Waals surface area contributed by atoms with Gasteiger partial charge in [0.25, 0.3) is 11.8 Å². The van der Waals surface area contributed by atoms with E-state index >= 15 is 0 Å². The van der Waals surface area contributed by atoms with E-state index in [0.29, 0.717) is 0 Å². The molecule has 0 aromatic carbocycles. The van der Waals surface area contributed by atoms with Crippen LogP contribution in [0.3, 0.4) is 0 Å². The maximum atomic E-state index is 13.5. The van der Waals surface area contributed by atoms with Crippen LogP contribution in [0.25, 0.3) is 0 Å². The first kappa shape index (κ1) is 13.3. The van der Waals surface area contributed by atoms with Crippen molar-refractivity contribution in [1.29, 1.82) is 0 Å². The molecular weight excluding hydrogens is 220 g/mol. The summed E-state index contributed by atoms with van der Waals surface area (Å²) in [7, 11) is 1.23. The first-order valence-corrected chi connectivity index (χ1v) is 5.11. The van der Waals surface area contributed by atoms with Crippen LogP contribution in [0.5, 0.6) is 0 Å². The largest absolute Gasteiger partial charge is 0.381 e. The van der Waals surface area contributed by atoms with Crippen molar-refractivity contribution >= 4 is 5.91 Å². The molecule has 0 radical (unpaired) electrons. The van der Waals surface area contributed by atoms with Crippen LogP contribution in [0.1, 0.15) is 20.3 Å². The Labute approximate surface area is 93.2 Å². The second kappa shape index (κ2) is 4.25. The number of carbonyl (C=O) groups is 1. The molecule has 1 fully saturated rings. The highest BCUT2D eigenvalue weighted by atomic mass is 19.3. The first-order chi connectivity index (χ1) is 7.18. The molecule has 0 saturated carbocycles. The molecule has 1 amide bonds. The van der Waals surface area contributed by atoms with E-state index < -0.39 is 30.1 Å². The Morgan fingerprint density at radius 2 is 2.12 bits per heavy atom. The molecule has 0 bridgehead atoms. The second-order valence-corrected chi connectivity index (χ2v) is 4.56. The van der Waals surface area contributed by atoms with Crippen LogP contribution in [0.2, 0.25) is 0 Å². The average Bonchev–Trinajstić information content (AvgIpc) is 2.13. The lowest BCUT2D eigenvalue weighted by molar-refractivity contribution is -0.181. The SMILES string of the molecule is COC1CCN(C(=O)C(C)(C)O)CC1(F)F. The van der Waals surface area contributed by atoms with E-state index in [9.17, 15) is 18.7 Å². The number of nitrogens with zero attached hydrogens (tertiary/aromatic N) is 1. The Bertz CT molecular complexity index is 276. The highest BCUT2D eigenvalue weighted by Crippen LogP contribution is 2.30. The van der Waals surface area contributed by atoms with Gasteiger partial charge in [-0.15, -0.1) is 0 Å². The summed E-state index contributed by atoms with van der Waals surface area (Å²) in [5, 5.41) is 9.46. The van der Waals surface area contributed by atoms with Crippen molar-refractivity contribution in [2.45, 2.75) is 37.9 Å². The van der Waals surface area contributed by atoms with E-state index in [-0.39, 0.29) is 13.0 Å². The number of piperidine rings is 1. The van der Waals surface area contributed by atoms with Gasteiger partial charge in [0.2, 0.25) is 0 Å². The molecule has 0 aromatic rings. The van der Waals surface area contributed by atoms with Crippen molar-refractivity contribution in [1.82, 2.24) is 4.90 Å². The molecule has 1 heterocycles. The molecule has 1 rings (SSSR count). The third-order valence-electron chi connectivity index (χ3n) is 2.63. The van der Waals surface area contributed by atoms with Gasteiger partial charge in [0.1, 0.15) is 11.7 Å². The van der Waals surface area contributed by atoms with Gasteiger partial charge in [0.15, 0.2) is 0 Å². The van der Waals surface area contributed by atoms with Crippen molar-refractivity contribution in [3.63, 3.8) is 0 Å². The van der Waals surface area contributed by atoms with Gasteiger partial charge in [-0.2, -0.15) is 0 Å². The van der Waals surface area contributed by atoms with Crippen molar-refractivity contribution in [3.8, 4) is 0 Å². The number of amides is 1. The monoisotopic (exact) mass is 237 g/mol. The molecule has 16 heavy (non-hydrogen) atoms. The number of halogens is 2. The topological polar surface area (TPSA) is 49.8 Å². The molecule has 0 aliphatic carbocycles. The summed E-state index contributed by atoms with van der Waals surface area (Å²) in [6, 6.07) is 0. The van der Waals surface area contributed by atoms with Crippen LogP contribution in [-0.4, -0.2) is 53.7 Å². The lowest BCUT2D eigenvalue weighted by atomic mass is 10.0. The summed E-state index contributed by atoms with van der Waals surface area (Å²) in [5.41, 5.74) is -1.62. The van der Waals surface area contributed by atoms with Crippen molar-refractivity contribution < 1.29 is 23.4 Å². The van der Waals surface area contributed by atoms with E-state index in [4.69, 9.17) is 0 Å². The van der Waals surface area contributed by atoms with Crippen LogP contribution < -0.4 is 0 Å². The fourth-order valence-corrected chi connectivity index (χ4v) is 1.77. The first-order valence-electron chi connectivity index (χ1n) is 5.11. The normalized spacial score (nSPS) is 25.6. The third-order valence-corrected chi connectivity index (χ3v) is 2.63. The highest BCUT2D eigenvalue weighted by molar-refractivity contribution is 5.84. The molecule has 1 atom stereocenters. The maximum Gasteiger partial charge on any atom is 0.290 e. The average molecular weight is 237 g/mol. The minimum atomic E-state index is -3.06. The van der Waals surface area contributed by atoms with Gasteiger partial charge in [0.05, 0.1) is 6.54 Å². The van der Waals surface area contributed by atoms with Gasteiger partial charge in [0, 0.05) is 13.7 Å². The smallest absolute Gasteiger partial charge is 0.290 e. The molecule has 1 unspecified atom stereocenters. The summed E-state index contributed by atoms with van der Waals surface area (Å²) in [6.07, 6.45) is -1.08. The summed E-state index contributed by atoms with van der Waals surface area (Å²) < 4.78 is 31.6. The zero-order valence-electron chi connectivity index (χ0n) is 9.67. The Kier molecular flexibility index (Phi) is 3.54. The fraction of sp³-hybridized carbons (Fsp3) is 0.900. The Hall–Kier alpha value is -0.750. The van der Waals surface area contributed by atoms with E-state index in [0.717, 1.165) is 4.90 Å². The second-order valence-electron chi connectivity index (χ2n) is 4.56. The maximum absolute atomic E-state index is 13.5. The molecule has 0 aromatic heterocycles. The van der Waals surface area contributed by atoms with Crippen molar-refractivity contribution in [3.05, 3.63) is 0 Å². The summed E-state index contributed by atoms with van der Waals surface area (Å²) in [6.45, 7) is 2.05. The van der Waals surface area contributed by atoms with Crippen LogP contribution in [-0.2, 0) is 9.53 Å². The molecule has 1 aliphatic rings. The number of ether oxygens (including phenoxy) is 1. The zero-order chi connectivity index (χ0) is 12.6. The van der Waals surface area contributed by atoms with Crippen molar-refractivity contribution in [2.24, 2.45) is 0 Å². The Morgan fingerprint density at radius 1 is 1.56 bits per heavy atom. The van der Waals surface area contributed by atoms with E-state index in [1.54, 1.807) is 0 Å². The molecule has 1 saturated heterocycles. The number of hydrogen-bond acceptors (Lipinski definition) is 3. The summed E-state index contributed by atoms with van der Waals surface area (Å²) >= 11 is 0. The highest BCUT2D eigenvalue weighted by Gasteiger charge is 2.47. The van der Waals surface area contributed by atoms with Gasteiger partial charge in [-0.3, -0.25) is 4.79 Å². The molecule has 6 heteroatoms. The molecule has 94 valence electrons.